The van der Waals surface area contributed by atoms with E-state index in [0.717, 1.165) is 12.8 Å². The summed E-state index contributed by atoms with van der Waals surface area (Å²) in [7, 11) is -0.815. The summed E-state index contributed by atoms with van der Waals surface area (Å²) in [4.78, 5) is 22.3. The highest BCUT2D eigenvalue weighted by atomic mass is 32.2. The molecule has 7 heteroatoms. The van der Waals surface area contributed by atoms with Crippen LogP contribution in [0.3, 0.4) is 0 Å². The summed E-state index contributed by atoms with van der Waals surface area (Å²) < 4.78 is 10.8. The van der Waals surface area contributed by atoms with Crippen LogP contribution in [0, 0.1) is 11.8 Å². The minimum atomic E-state index is -0.815. The average Bonchev–Trinajstić information content (AvgIpc) is 2.41. The molecular formula is C13H24N2O4S. The van der Waals surface area contributed by atoms with E-state index in [-0.39, 0.29) is 11.9 Å². The van der Waals surface area contributed by atoms with Crippen LogP contribution < -0.4 is 10.6 Å². The van der Waals surface area contributed by atoms with E-state index in [4.69, 9.17) is 5.11 Å². The second-order valence-electron chi connectivity index (χ2n) is 5.32. The van der Waals surface area contributed by atoms with Crippen LogP contribution in [-0.4, -0.2) is 46.4 Å². The summed E-state index contributed by atoms with van der Waals surface area (Å²) in [5.41, 5.74) is 0. The highest BCUT2D eigenvalue weighted by Crippen LogP contribution is 2.28. The number of urea groups is 1. The molecule has 0 aromatic carbocycles. The smallest absolute Gasteiger partial charge is 0.314 e. The number of aliphatic carboxylic acids is 1. The first-order valence-electron chi connectivity index (χ1n) is 7.03. The van der Waals surface area contributed by atoms with Gasteiger partial charge in [0.2, 0.25) is 0 Å². The highest BCUT2D eigenvalue weighted by Gasteiger charge is 2.25. The highest BCUT2D eigenvalue weighted by molar-refractivity contribution is 7.84. The second-order valence-corrected chi connectivity index (χ2v) is 6.88. The van der Waals surface area contributed by atoms with Crippen LogP contribution in [0.4, 0.5) is 4.79 Å². The molecule has 1 aliphatic carbocycles. The van der Waals surface area contributed by atoms with Gasteiger partial charge in [-0.2, -0.15) is 0 Å². The van der Waals surface area contributed by atoms with Gasteiger partial charge in [-0.25, -0.2) is 4.79 Å². The molecule has 2 amide bonds. The molecule has 0 spiro atoms. The molecule has 1 aliphatic rings. The van der Waals surface area contributed by atoms with Crippen molar-refractivity contribution in [2.75, 3.05) is 25.1 Å². The van der Waals surface area contributed by atoms with Crippen LogP contribution in [0.25, 0.3) is 0 Å². The zero-order valence-corrected chi connectivity index (χ0v) is 12.7. The van der Waals surface area contributed by atoms with Crippen LogP contribution in [-0.2, 0) is 15.6 Å². The fourth-order valence-corrected chi connectivity index (χ4v) is 2.94. The van der Waals surface area contributed by atoms with Crippen molar-refractivity contribution >= 4 is 22.8 Å². The van der Waals surface area contributed by atoms with Crippen LogP contribution in [0.1, 0.15) is 32.1 Å². The van der Waals surface area contributed by atoms with Gasteiger partial charge in [0.05, 0.1) is 5.92 Å². The monoisotopic (exact) mass is 304 g/mol. The first-order valence-corrected chi connectivity index (χ1v) is 8.76. The molecule has 116 valence electrons. The molecule has 0 aromatic heterocycles. The molecule has 0 bridgehead atoms. The van der Waals surface area contributed by atoms with Crippen LogP contribution in [0.15, 0.2) is 0 Å². The summed E-state index contributed by atoms with van der Waals surface area (Å²) in [6.45, 7) is 1.12. The van der Waals surface area contributed by atoms with E-state index >= 15 is 0 Å². The number of carbonyl (C=O) groups is 2. The van der Waals surface area contributed by atoms with Crippen molar-refractivity contribution < 1.29 is 18.9 Å². The third-order valence-electron chi connectivity index (χ3n) is 3.64. The summed E-state index contributed by atoms with van der Waals surface area (Å²) in [6.07, 6.45) is 5.46. The molecule has 0 aliphatic heterocycles. The normalized spacial score (nSPS) is 23.9. The number of nitrogens with one attached hydrogen (secondary N) is 2. The van der Waals surface area contributed by atoms with Crippen molar-refractivity contribution in [2.24, 2.45) is 11.8 Å². The molecule has 3 N–H and O–H groups in total. The number of amides is 2. The van der Waals surface area contributed by atoms with Crippen LogP contribution in [0.5, 0.6) is 0 Å². The van der Waals surface area contributed by atoms with Crippen molar-refractivity contribution in [3.8, 4) is 0 Å². The van der Waals surface area contributed by atoms with E-state index in [0.29, 0.717) is 44.0 Å². The maximum Gasteiger partial charge on any atom is 0.314 e. The largest absolute Gasteiger partial charge is 0.481 e. The maximum absolute atomic E-state index is 11.5. The number of hydrogen-bond donors (Lipinski definition) is 3. The van der Waals surface area contributed by atoms with Crippen molar-refractivity contribution in [1.29, 1.82) is 0 Å². The fourth-order valence-electron chi connectivity index (χ4n) is 2.39. The van der Waals surface area contributed by atoms with E-state index in [9.17, 15) is 13.8 Å². The molecule has 0 saturated heterocycles. The van der Waals surface area contributed by atoms with Gasteiger partial charge in [0, 0.05) is 35.9 Å². The van der Waals surface area contributed by atoms with E-state index in [1.54, 1.807) is 6.26 Å². The van der Waals surface area contributed by atoms with Gasteiger partial charge in [-0.05, 0) is 38.0 Å². The molecular weight excluding hydrogens is 280 g/mol. The molecule has 6 nitrogen and oxygen atoms in total. The summed E-state index contributed by atoms with van der Waals surface area (Å²) >= 11 is 0. The van der Waals surface area contributed by atoms with E-state index < -0.39 is 16.8 Å². The molecule has 0 aromatic rings. The number of carboxylic acids is 1. The predicted octanol–water partition coefficient (Wildman–Crippen LogP) is 0.945. The Bertz CT molecular complexity index is 354. The minimum Gasteiger partial charge on any atom is -0.481 e. The second kappa shape index (κ2) is 8.94. The van der Waals surface area contributed by atoms with Crippen molar-refractivity contribution in [3.63, 3.8) is 0 Å². The lowest BCUT2D eigenvalue weighted by molar-refractivity contribution is -0.143. The van der Waals surface area contributed by atoms with Crippen molar-refractivity contribution in [1.82, 2.24) is 10.6 Å². The molecule has 1 saturated carbocycles. The summed E-state index contributed by atoms with van der Waals surface area (Å²) in [6, 6.07) is -0.202. The zero-order valence-electron chi connectivity index (χ0n) is 11.9. The van der Waals surface area contributed by atoms with Gasteiger partial charge in [-0.3, -0.25) is 9.00 Å². The fraction of sp³-hybridized carbons (Fsp3) is 0.846. The molecule has 20 heavy (non-hydrogen) atoms. The predicted molar refractivity (Wildman–Crippen MR) is 78.0 cm³/mol. The Morgan fingerprint density at radius 1 is 1.20 bits per heavy atom. The molecule has 1 fully saturated rings. The maximum atomic E-state index is 11.5. The van der Waals surface area contributed by atoms with Crippen molar-refractivity contribution in [3.05, 3.63) is 0 Å². The van der Waals surface area contributed by atoms with Crippen molar-refractivity contribution in [2.45, 2.75) is 32.1 Å². The Hall–Kier alpha value is -1.11. The molecule has 1 atom stereocenters. The first-order chi connectivity index (χ1) is 9.49. The van der Waals surface area contributed by atoms with Crippen LogP contribution >= 0.6 is 0 Å². The third kappa shape index (κ3) is 6.88. The van der Waals surface area contributed by atoms with Gasteiger partial charge in [-0.1, -0.05) is 0 Å². The van der Waals surface area contributed by atoms with E-state index in [2.05, 4.69) is 10.6 Å². The number of rotatable bonds is 7. The Morgan fingerprint density at radius 2 is 1.85 bits per heavy atom. The topological polar surface area (TPSA) is 95.5 Å². The van der Waals surface area contributed by atoms with E-state index in [1.165, 1.54) is 0 Å². The number of hydrogen-bond acceptors (Lipinski definition) is 3. The Labute approximate surface area is 122 Å². The van der Waals surface area contributed by atoms with Gasteiger partial charge in [0.25, 0.3) is 0 Å². The summed E-state index contributed by atoms with van der Waals surface area (Å²) in [5, 5.41) is 14.4. The van der Waals surface area contributed by atoms with Gasteiger partial charge >= 0.3 is 12.0 Å². The van der Waals surface area contributed by atoms with Gasteiger partial charge < -0.3 is 15.7 Å². The van der Waals surface area contributed by atoms with Gasteiger partial charge in [0.15, 0.2) is 0 Å². The SMILES string of the molecule is CS(=O)CCCNC(=O)NCC1CCC(C(=O)O)CC1. The standard InChI is InChI=1S/C13H24N2O4S/c1-20(19)8-2-7-14-13(18)15-9-10-3-5-11(6-4-10)12(16)17/h10-11H,2-9H2,1H3,(H,16,17)(H2,14,15,18). The molecule has 1 unspecified atom stereocenters. The quantitative estimate of drug-likeness (QED) is 0.610. The Balaban J connectivity index is 2.07. The minimum absolute atomic E-state index is 0.202. The Morgan fingerprint density at radius 3 is 2.40 bits per heavy atom. The average molecular weight is 304 g/mol. The summed E-state index contributed by atoms with van der Waals surface area (Å²) in [5.74, 6) is 0.0522. The molecule has 0 heterocycles. The van der Waals surface area contributed by atoms with E-state index in [1.807, 2.05) is 0 Å². The first kappa shape index (κ1) is 16.9. The lowest BCUT2D eigenvalue weighted by Crippen LogP contribution is -2.39. The van der Waals surface area contributed by atoms with Gasteiger partial charge in [0.1, 0.15) is 0 Å². The third-order valence-corrected chi connectivity index (χ3v) is 4.51. The molecule has 1 rings (SSSR count). The lowest BCUT2D eigenvalue weighted by Gasteiger charge is -2.26. The number of carboxylic acid groups (broad SMARTS) is 1. The van der Waals surface area contributed by atoms with Gasteiger partial charge in [-0.15, -0.1) is 0 Å². The Kier molecular flexibility index (Phi) is 7.58. The zero-order chi connectivity index (χ0) is 15.0. The van der Waals surface area contributed by atoms with Crippen LogP contribution in [0.2, 0.25) is 0 Å². The number of carbonyl (C=O) groups excluding carboxylic acids is 1. The lowest BCUT2D eigenvalue weighted by atomic mass is 9.82. The molecule has 0 radical (unpaired) electrons.